The van der Waals surface area contributed by atoms with Gasteiger partial charge in [0.05, 0.1) is 10.0 Å². The normalized spacial score (nSPS) is 17.5. The molecule has 2 aliphatic rings. The van der Waals surface area contributed by atoms with Crippen LogP contribution in [-0.2, 0) is 5.41 Å². The van der Waals surface area contributed by atoms with Crippen LogP contribution in [0.15, 0.2) is 48.0 Å². The van der Waals surface area contributed by atoms with Crippen LogP contribution in [0.3, 0.4) is 0 Å². The monoisotopic (exact) mass is 457 g/mol. The molecule has 0 aliphatic carbocycles. The lowest BCUT2D eigenvalue weighted by molar-refractivity contribution is 0.180. The molecule has 2 aliphatic heterocycles. The maximum Gasteiger partial charge on any atom is 0.326 e. The van der Waals surface area contributed by atoms with Crippen molar-refractivity contribution >= 4 is 40.6 Å². The first-order valence-electron chi connectivity index (χ1n) is 10.8. The van der Waals surface area contributed by atoms with E-state index in [1.54, 1.807) is 18.2 Å². The number of carbonyl (C=O) groups excluding carboxylic acids is 1. The van der Waals surface area contributed by atoms with Crippen molar-refractivity contribution in [2.24, 2.45) is 0 Å². The third-order valence-corrected chi connectivity index (χ3v) is 7.20. The van der Waals surface area contributed by atoms with E-state index in [0.29, 0.717) is 22.3 Å². The molecule has 2 heterocycles. The Kier molecular flexibility index (Phi) is 6.34. The number of amides is 2. The minimum atomic E-state index is -0.132. The summed E-state index contributed by atoms with van der Waals surface area (Å²) in [7, 11) is 0. The molecule has 2 aromatic rings. The molecule has 0 radical (unpaired) electrons. The number of aryl methyl sites for hydroxylation is 1. The highest BCUT2D eigenvalue weighted by atomic mass is 35.5. The Morgan fingerprint density at radius 3 is 2.52 bits per heavy atom. The number of piperidine rings is 1. The van der Waals surface area contributed by atoms with E-state index in [4.69, 9.17) is 23.2 Å². The molecule has 1 saturated heterocycles. The van der Waals surface area contributed by atoms with Crippen LogP contribution in [-0.4, -0.2) is 37.1 Å². The maximum atomic E-state index is 13.2. The molecule has 0 aromatic heterocycles. The number of allylic oxidation sites excluding steroid dienone is 1. The molecule has 2 aromatic carbocycles. The zero-order chi connectivity index (χ0) is 22.2. The second kappa shape index (κ2) is 8.85. The highest BCUT2D eigenvalue weighted by Crippen LogP contribution is 2.47. The molecule has 0 unspecified atom stereocenters. The first kappa shape index (κ1) is 22.2. The average Bonchev–Trinajstić information content (AvgIpc) is 3.04. The van der Waals surface area contributed by atoms with Crippen molar-refractivity contribution in [2.75, 3.05) is 36.4 Å². The van der Waals surface area contributed by atoms with Gasteiger partial charge in [0, 0.05) is 29.9 Å². The highest BCUT2D eigenvalue weighted by molar-refractivity contribution is 6.42. The Hall–Kier alpha value is -2.01. The predicted octanol–water partition coefficient (Wildman–Crippen LogP) is 6.65. The fourth-order valence-electron chi connectivity index (χ4n) is 4.63. The number of rotatable bonds is 3. The molecular weight excluding hydrogens is 429 g/mol. The number of urea groups is 1. The fourth-order valence-corrected chi connectivity index (χ4v) is 4.93. The Bertz CT molecular complexity index is 1020. The number of hydrogen-bond donors (Lipinski definition) is 1. The third kappa shape index (κ3) is 4.62. The van der Waals surface area contributed by atoms with E-state index < -0.39 is 0 Å². The van der Waals surface area contributed by atoms with Crippen molar-refractivity contribution in [3.63, 3.8) is 0 Å². The Balaban J connectivity index is 1.55. The second-order valence-corrected chi connectivity index (χ2v) is 9.84. The zero-order valence-corrected chi connectivity index (χ0v) is 19.9. The summed E-state index contributed by atoms with van der Waals surface area (Å²) >= 11 is 12.1. The summed E-state index contributed by atoms with van der Waals surface area (Å²) in [4.78, 5) is 17.6. The fraction of sp³-hybridized carbons (Fsp3) is 0.400. The molecule has 6 heteroatoms. The van der Waals surface area contributed by atoms with Crippen molar-refractivity contribution in [2.45, 2.75) is 39.0 Å². The number of fused-ring (bicyclic) bond motifs is 2. The van der Waals surface area contributed by atoms with Crippen molar-refractivity contribution in [1.29, 1.82) is 0 Å². The quantitative estimate of drug-likeness (QED) is 0.523. The molecule has 1 spiro atoms. The smallest absolute Gasteiger partial charge is 0.307 e. The summed E-state index contributed by atoms with van der Waals surface area (Å²) in [5.74, 6) is 0. The van der Waals surface area contributed by atoms with Gasteiger partial charge in [-0.2, -0.15) is 0 Å². The van der Waals surface area contributed by atoms with Gasteiger partial charge in [-0.05, 0) is 76.5 Å². The van der Waals surface area contributed by atoms with Gasteiger partial charge < -0.3 is 5.32 Å². The third-order valence-electron chi connectivity index (χ3n) is 6.46. The topological polar surface area (TPSA) is 35.6 Å². The van der Waals surface area contributed by atoms with Crippen LogP contribution in [0.4, 0.5) is 16.2 Å². The number of nitrogens with zero attached hydrogens (tertiary/aromatic N) is 2. The van der Waals surface area contributed by atoms with E-state index in [0.717, 1.165) is 38.2 Å². The molecule has 0 saturated carbocycles. The van der Waals surface area contributed by atoms with Crippen molar-refractivity contribution in [3.8, 4) is 0 Å². The summed E-state index contributed by atoms with van der Waals surface area (Å²) in [6.07, 6.45) is 4.40. The summed E-state index contributed by atoms with van der Waals surface area (Å²) in [5.41, 5.74) is 5.56. The molecule has 4 rings (SSSR count). The van der Waals surface area contributed by atoms with Gasteiger partial charge in [0.2, 0.25) is 0 Å². The van der Waals surface area contributed by atoms with Gasteiger partial charge in [0.25, 0.3) is 0 Å². The minimum absolute atomic E-state index is 0.0117. The van der Waals surface area contributed by atoms with Gasteiger partial charge >= 0.3 is 6.03 Å². The van der Waals surface area contributed by atoms with E-state index >= 15 is 0 Å². The molecule has 164 valence electrons. The lowest BCUT2D eigenvalue weighted by Gasteiger charge is -2.39. The van der Waals surface area contributed by atoms with Crippen LogP contribution < -0.4 is 10.2 Å². The summed E-state index contributed by atoms with van der Waals surface area (Å²) < 4.78 is 0. The first-order chi connectivity index (χ1) is 14.8. The van der Waals surface area contributed by atoms with E-state index in [1.165, 1.54) is 16.7 Å². The molecule has 0 atom stereocenters. The lowest BCUT2D eigenvalue weighted by atomic mass is 9.74. The van der Waals surface area contributed by atoms with E-state index in [1.807, 2.05) is 4.90 Å². The SMILES string of the molecule is CC(C)=CCN1CCC2(CC1)CN(C(=O)Nc1ccc(Cl)c(Cl)c1)c1ccc(C)cc12. The van der Waals surface area contributed by atoms with Gasteiger partial charge in [0.1, 0.15) is 0 Å². The molecule has 1 N–H and O–H groups in total. The standard InChI is InChI=1S/C25H29Cl2N3O/c1-17(2)8-11-29-12-9-25(10-13-29)16-30(23-7-4-18(3)14-20(23)25)24(31)28-19-5-6-21(26)22(27)15-19/h4-8,14-15H,9-13,16H2,1-3H3,(H,28,31). The van der Waals surface area contributed by atoms with Gasteiger partial charge in [-0.25, -0.2) is 4.79 Å². The molecule has 31 heavy (non-hydrogen) atoms. The Morgan fingerprint density at radius 1 is 1.10 bits per heavy atom. The zero-order valence-electron chi connectivity index (χ0n) is 18.3. The number of carbonyl (C=O) groups is 1. The van der Waals surface area contributed by atoms with Gasteiger partial charge in [-0.1, -0.05) is 52.5 Å². The van der Waals surface area contributed by atoms with E-state index in [9.17, 15) is 4.79 Å². The number of likely N-dealkylation sites (tertiary alicyclic amines) is 1. The maximum absolute atomic E-state index is 13.2. The molecular formula is C25H29Cl2N3O. The van der Waals surface area contributed by atoms with Gasteiger partial charge in [0.15, 0.2) is 0 Å². The molecule has 0 bridgehead atoms. The van der Waals surface area contributed by atoms with Crippen LogP contribution in [0, 0.1) is 6.92 Å². The Labute approximate surface area is 194 Å². The summed E-state index contributed by atoms with van der Waals surface area (Å²) in [6.45, 7) is 10.2. The Morgan fingerprint density at radius 2 is 1.84 bits per heavy atom. The van der Waals surface area contributed by atoms with Gasteiger partial charge in [-0.3, -0.25) is 9.80 Å². The number of anilines is 2. The second-order valence-electron chi connectivity index (χ2n) is 9.03. The lowest BCUT2D eigenvalue weighted by Crippen LogP contribution is -2.46. The van der Waals surface area contributed by atoms with Crippen LogP contribution in [0.5, 0.6) is 0 Å². The number of hydrogen-bond acceptors (Lipinski definition) is 2. The van der Waals surface area contributed by atoms with E-state index in [2.05, 4.69) is 55.3 Å². The van der Waals surface area contributed by atoms with Crippen LogP contribution in [0.1, 0.15) is 37.8 Å². The number of halogens is 2. The largest absolute Gasteiger partial charge is 0.326 e. The van der Waals surface area contributed by atoms with Crippen molar-refractivity contribution in [1.82, 2.24) is 4.90 Å². The van der Waals surface area contributed by atoms with Crippen molar-refractivity contribution in [3.05, 3.63) is 69.2 Å². The highest BCUT2D eigenvalue weighted by Gasteiger charge is 2.46. The molecule has 1 fully saturated rings. The predicted molar refractivity (Wildman–Crippen MR) is 131 cm³/mol. The first-order valence-corrected chi connectivity index (χ1v) is 11.5. The van der Waals surface area contributed by atoms with Crippen LogP contribution in [0.2, 0.25) is 10.0 Å². The van der Waals surface area contributed by atoms with Crippen molar-refractivity contribution < 1.29 is 4.79 Å². The summed E-state index contributed by atoms with van der Waals surface area (Å²) in [6, 6.07) is 11.5. The van der Waals surface area contributed by atoms with Crippen LogP contribution >= 0.6 is 23.2 Å². The molecule has 2 amide bonds. The number of benzene rings is 2. The molecule has 4 nitrogen and oxygen atoms in total. The average molecular weight is 458 g/mol. The number of nitrogens with one attached hydrogen (secondary N) is 1. The summed E-state index contributed by atoms with van der Waals surface area (Å²) in [5, 5.41) is 3.90. The van der Waals surface area contributed by atoms with Crippen LogP contribution in [0.25, 0.3) is 0 Å². The van der Waals surface area contributed by atoms with Gasteiger partial charge in [-0.15, -0.1) is 0 Å². The minimum Gasteiger partial charge on any atom is -0.307 e. The van der Waals surface area contributed by atoms with E-state index in [-0.39, 0.29) is 11.4 Å².